The Hall–Kier alpha value is -2.48. The average Bonchev–Trinajstić information content (AvgIpc) is 2.71. The Morgan fingerprint density at radius 1 is 1.58 bits per heavy atom. The third-order valence-corrected chi connectivity index (χ3v) is 2.76. The second kappa shape index (κ2) is 4.32. The summed E-state index contributed by atoms with van der Waals surface area (Å²) in [6, 6.07) is 4.15. The molecule has 0 radical (unpaired) electrons. The number of aromatic nitrogens is 2. The lowest BCUT2D eigenvalue weighted by Crippen LogP contribution is -2.39. The summed E-state index contributed by atoms with van der Waals surface area (Å²) in [6.45, 7) is 0.840. The smallest absolute Gasteiger partial charge is 0.337 e. The lowest BCUT2D eigenvalue weighted by molar-refractivity contribution is -0.384. The standard InChI is InChI=1S/C11H11N3O5/c1-11(17,10(15)16)6-13-9-4-8(14(18)19)3-2-7(9)5-12-13/h2-5,17H,6H2,1H3,(H,15,16). The quantitative estimate of drug-likeness (QED) is 0.622. The highest BCUT2D eigenvalue weighted by molar-refractivity contribution is 5.81. The lowest BCUT2D eigenvalue weighted by Gasteiger charge is -2.18. The second-order valence-electron chi connectivity index (χ2n) is 4.38. The predicted octanol–water partition coefficient (Wildman–Crippen LogP) is 0.780. The molecule has 2 N–H and O–H groups in total. The van der Waals surface area contributed by atoms with E-state index in [-0.39, 0.29) is 12.2 Å². The third-order valence-electron chi connectivity index (χ3n) is 2.76. The van der Waals surface area contributed by atoms with Crippen LogP contribution in [0.15, 0.2) is 24.4 Å². The number of rotatable bonds is 4. The van der Waals surface area contributed by atoms with Crippen molar-refractivity contribution < 1.29 is 19.9 Å². The van der Waals surface area contributed by atoms with E-state index >= 15 is 0 Å². The number of nitrogens with zero attached hydrogens (tertiary/aromatic N) is 3. The zero-order valence-electron chi connectivity index (χ0n) is 9.98. The van der Waals surface area contributed by atoms with E-state index in [1.165, 1.54) is 29.1 Å². The van der Waals surface area contributed by atoms with Crippen molar-refractivity contribution in [3.8, 4) is 0 Å². The molecule has 0 fully saturated rings. The molecule has 0 aliphatic rings. The fourth-order valence-corrected chi connectivity index (χ4v) is 1.66. The summed E-state index contributed by atoms with van der Waals surface area (Å²) in [5, 5.41) is 33.8. The molecule has 0 saturated carbocycles. The number of hydrogen-bond donors (Lipinski definition) is 2. The summed E-state index contributed by atoms with van der Waals surface area (Å²) >= 11 is 0. The van der Waals surface area contributed by atoms with E-state index < -0.39 is 16.5 Å². The Morgan fingerprint density at radius 3 is 2.84 bits per heavy atom. The van der Waals surface area contributed by atoms with Crippen molar-refractivity contribution in [2.45, 2.75) is 19.1 Å². The molecule has 1 aromatic heterocycles. The van der Waals surface area contributed by atoms with Crippen LogP contribution < -0.4 is 0 Å². The maximum absolute atomic E-state index is 10.9. The molecular formula is C11H11N3O5. The molecule has 2 aromatic rings. The van der Waals surface area contributed by atoms with Crippen molar-refractivity contribution in [2.24, 2.45) is 0 Å². The zero-order valence-corrected chi connectivity index (χ0v) is 9.98. The summed E-state index contributed by atoms with van der Waals surface area (Å²) in [4.78, 5) is 21.0. The first-order valence-electron chi connectivity index (χ1n) is 5.37. The Morgan fingerprint density at radius 2 is 2.26 bits per heavy atom. The van der Waals surface area contributed by atoms with E-state index in [1.807, 2.05) is 0 Å². The molecule has 2 rings (SSSR count). The minimum absolute atomic E-state index is 0.121. The van der Waals surface area contributed by atoms with Crippen LogP contribution in [0, 0.1) is 10.1 Å². The van der Waals surface area contributed by atoms with Gasteiger partial charge in [-0.25, -0.2) is 4.79 Å². The highest BCUT2D eigenvalue weighted by Crippen LogP contribution is 2.22. The van der Waals surface area contributed by atoms with E-state index in [0.717, 1.165) is 6.92 Å². The molecular weight excluding hydrogens is 254 g/mol. The summed E-state index contributed by atoms with van der Waals surface area (Å²) in [5.74, 6) is -1.39. The van der Waals surface area contributed by atoms with Gasteiger partial charge in [0.2, 0.25) is 0 Å². The van der Waals surface area contributed by atoms with Crippen LogP contribution in [0.2, 0.25) is 0 Å². The maximum Gasteiger partial charge on any atom is 0.337 e. The number of carboxylic acids is 1. The van der Waals surface area contributed by atoms with Crippen LogP contribution in [-0.4, -0.2) is 36.5 Å². The number of nitro benzene ring substituents is 1. The molecule has 0 aliphatic carbocycles. The number of aliphatic carboxylic acids is 1. The van der Waals surface area contributed by atoms with E-state index in [1.54, 1.807) is 0 Å². The van der Waals surface area contributed by atoms with Crippen LogP contribution in [0.5, 0.6) is 0 Å². The van der Waals surface area contributed by atoms with E-state index in [0.29, 0.717) is 10.9 Å². The molecule has 0 amide bonds. The molecule has 1 unspecified atom stereocenters. The maximum atomic E-state index is 10.9. The van der Waals surface area contributed by atoms with E-state index in [9.17, 15) is 20.0 Å². The van der Waals surface area contributed by atoms with Gasteiger partial charge in [-0.2, -0.15) is 5.10 Å². The largest absolute Gasteiger partial charge is 0.479 e. The Bertz CT molecular complexity index is 661. The Labute approximate surface area is 107 Å². The molecule has 1 heterocycles. The molecule has 8 nitrogen and oxygen atoms in total. The zero-order chi connectivity index (χ0) is 14.2. The van der Waals surface area contributed by atoms with Gasteiger partial charge in [0.25, 0.3) is 5.69 Å². The number of aliphatic hydroxyl groups is 1. The monoisotopic (exact) mass is 265 g/mol. The topological polar surface area (TPSA) is 118 Å². The van der Waals surface area contributed by atoms with Gasteiger partial charge in [0.1, 0.15) is 0 Å². The normalized spacial score (nSPS) is 14.2. The van der Waals surface area contributed by atoms with Gasteiger partial charge in [-0.1, -0.05) is 0 Å². The van der Waals surface area contributed by atoms with Crippen molar-refractivity contribution >= 4 is 22.6 Å². The summed E-state index contributed by atoms with van der Waals surface area (Å²) in [6.07, 6.45) is 1.46. The number of carbonyl (C=O) groups is 1. The van der Waals surface area contributed by atoms with Crippen molar-refractivity contribution in [3.05, 3.63) is 34.5 Å². The van der Waals surface area contributed by atoms with Crippen molar-refractivity contribution in [1.29, 1.82) is 0 Å². The first-order chi connectivity index (χ1) is 8.81. The molecule has 100 valence electrons. The molecule has 1 atom stereocenters. The molecule has 0 saturated heterocycles. The van der Waals surface area contributed by atoms with Gasteiger partial charge in [-0.05, 0) is 13.0 Å². The average molecular weight is 265 g/mol. The van der Waals surface area contributed by atoms with Crippen LogP contribution in [0.3, 0.4) is 0 Å². The van der Waals surface area contributed by atoms with Crippen molar-refractivity contribution in [1.82, 2.24) is 9.78 Å². The van der Waals surface area contributed by atoms with Crippen molar-refractivity contribution in [3.63, 3.8) is 0 Å². The Balaban J connectivity index is 2.47. The van der Waals surface area contributed by atoms with Crippen LogP contribution >= 0.6 is 0 Å². The number of fused-ring (bicyclic) bond motifs is 1. The van der Waals surface area contributed by atoms with E-state index in [2.05, 4.69) is 5.10 Å². The molecule has 0 bridgehead atoms. The fourth-order valence-electron chi connectivity index (χ4n) is 1.66. The molecule has 0 aliphatic heterocycles. The SMILES string of the molecule is CC(O)(Cn1ncc2ccc([N+](=O)[O-])cc21)C(=O)O. The highest BCUT2D eigenvalue weighted by Gasteiger charge is 2.31. The number of benzene rings is 1. The van der Waals surface area contributed by atoms with Crippen LogP contribution in [0.25, 0.3) is 10.9 Å². The summed E-state index contributed by atoms with van der Waals surface area (Å²) < 4.78 is 1.23. The lowest BCUT2D eigenvalue weighted by atomic mass is 10.1. The fraction of sp³-hybridized carbons (Fsp3) is 0.273. The van der Waals surface area contributed by atoms with Gasteiger partial charge in [0.05, 0.1) is 23.2 Å². The van der Waals surface area contributed by atoms with Crippen LogP contribution in [0.1, 0.15) is 6.92 Å². The molecule has 8 heteroatoms. The number of carboxylic acid groups (broad SMARTS) is 1. The predicted molar refractivity (Wildman–Crippen MR) is 64.6 cm³/mol. The third kappa shape index (κ3) is 2.38. The van der Waals surface area contributed by atoms with Gasteiger partial charge < -0.3 is 10.2 Å². The first kappa shape index (κ1) is 13.0. The number of hydrogen-bond acceptors (Lipinski definition) is 5. The van der Waals surface area contributed by atoms with E-state index in [4.69, 9.17) is 5.11 Å². The first-order valence-corrected chi connectivity index (χ1v) is 5.37. The van der Waals surface area contributed by atoms with Gasteiger partial charge in [0.15, 0.2) is 5.60 Å². The van der Waals surface area contributed by atoms with Gasteiger partial charge >= 0.3 is 5.97 Å². The number of non-ortho nitro benzene ring substituents is 1. The van der Waals surface area contributed by atoms with Crippen LogP contribution in [-0.2, 0) is 11.3 Å². The molecule has 19 heavy (non-hydrogen) atoms. The Kier molecular flexibility index (Phi) is 2.95. The van der Waals surface area contributed by atoms with Gasteiger partial charge in [-0.15, -0.1) is 0 Å². The second-order valence-corrected chi connectivity index (χ2v) is 4.38. The van der Waals surface area contributed by atoms with Crippen LogP contribution in [0.4, 0.5) is 5.69 Å². The number of nitro groups is 1. The minimum Gasteiger partial charge on any atom is -0.479 e. The van der Waals surface area contributed by atoms with Gasteiger partial charge in [0, 0.05) is 17.5 Å². The minimum atomic E-state index is -2.00. The molecule has 0 spiro atoms. The highest BCUT2D eigenvalue weighted by atomic mass is 16.6. The van der Waals surface area contributed by atoms with Gasteiger partial charge in [-0.3, -0.25) is 14.8 Å². The summed E-state index contributed by atoms with van der Waals surface area (Å²) in [7, 11) is 0. The summed E-state index contributed by atoms with van der Waals surface area (Å²) in [5.41, 5.74) is -1.72. The molecule has 1 aromatic carbocycles. The van der Waals surface area contributed by atoms with Crippen molar-refractivity contribution in [2.75, 3.05) is 0 Å².